The number of hydrogen-bond donors (Lipinski definition) is 2. The molecule has 5 rings (SSSR count). The molecule has 0 bridgehead atoms. The van der Waals surface area contributed by atoms with Crippen molar-refractivity contribution in [3.63, 3.8) is 0 Å². The van der Waals surface area contributed by atoms with Crippen molar-refractivity contribution in [3.8, 4) is 5.75 Å². The summed E-state index contributed by atoms with van der Waals surface area (Å²) >= 11 is 0. The van der Waals surface area contributed by atoms with Crippen LogP contribution in [0.3, 0.4) is 0 Å². The highest BCUT2D eigenvalue weighted by molar-refractivity contribution is 6.20. The summed E-state index contributed by atoms with van der Waals surface area (Å²) in [5.74, 6) is -1.89. The van der Waals surface area contributed by atoms with Crippen molar-refractivity contribution in [1.82, 2.24) is 0 Å². The van der Waals surface area contributed by atoms with Gasteiger partial charge in [0.05, 0.1) is 11.6 Å². The van der Waals surface area contributed by atoms with Gasteiger partial charge in [-0.1, -0.05) is 48.5 Å². The molecule has 0 radical (unpaired) electrons. The van der Waals surface area contributed by atoms with E-state index >= 15 is 0 Å². The second-order valence-corrected chi connectivity index (χ2v) is 7.70. The Morgan fingerprint density at radius 2 is 1.69 bits per heavy atom. The minimum atomic E-state index is -0.934. The van der Waals surface area contributed by atoms with Crippen molar-refractivity contribution < 1.29 is 24.2 Å². The van der Waals surface area contributed by atoms with E-state index in [0.717, 1.165) is 10.9 Å². The van der Waals surface area contributed by atoms with Gasteiger partial charge in [0.25, 0.3) is 5.91 Å². The zero-order chi connectivity index (χ0) is 22.4. The molecule has 0 fully saturated rings. The largest absolute Gasteiger partial charge is 0.508 e. The average molecular weight is 425 g/mol. The van der Waals surface area contributed by atoms with Gasteiger partial charge in [-0.15, -0.1) is 0 Å². The minimum absolute atomic E-state index is 0.0124. The van der Waals surface area contributed by atoms with Gasteiger partial charge in [0.15, 0.2) is 11.5 Å². The maximum absolute atomic E-state index is 13.6. The molecule has 1 aliphatic rings. The van der Waals surface area contributed by atoms with Crippen LogP contribution in [-0.4, -0.2) is 21.9 Å². The minimum Gasteiger partial charge on any atom is -0.508 e. The van der Waals surface area contributed by atoms with Gasteiger partial charge in [-0.3, -0.25) is 14.5 Å². The van der Waals surface area contributed by atoms with E-state index in [0.29, 0.717) is 16.8 Å². The Morgan fingerprint density at radius 3 is 2.44 bits per heavy atom. The van der Waals surface area contributed by atoms with E-state index < -0.39 is 23.5 Å². The Kier molecular flexibility index (Phi) is 4.56. The normalized spacial score (nSPS) is 16.2. The molecule has 6 heteroatoms. The molecular weight excluding hydrogens is 406 g/mol. The zero-order valence-electron chi connectivity index (χ0n) is 17.1. The fourth-order valence-electron chi connectivity index (χ4n) is 4.16. The number of rotatable bonds is 4. The second-order valence-electron chi connectivity index (χ2n) is 7.70. The molecule has 1 aromatic heterocycles. The summed E-state index contributed by atoms with van der Waals surface area (Å²) in [5.41, 5.74) is 2.29. The molecule has 2 heterocycles. The molecular formula is C26H19NO5. The van der Waals surface area contributed by atoms with Crippen molar-refractivity contribution in [2.45, 2.75) is 13.0 Å². The van der Waals surface area contributed by atoms with Gasteiger partial charge < -0.3 is 14.6 Å². The molecule has 0 saturated carbocycles. The molecule has 0 spiro atoms. The van der Waals surface area contributed by atoms with Gasteiger partial charge in [-0.25, -0.2) is 0 Å². The number of benzene rings is 3. The van der Waals surface area contributed by atoms with Gasteiger partial charge in [-0.2, -0.15) is 0 Å². The van der Waals surface area contributed by atoms with Crippen molar-refractivity contribution in [2.75, 3.05) is 4.90 Å². The van der Waals surface area contributed by atoms with Crippen LogP contribution >= 0.6 is 0 Å². The number of Topliss-reactive ketones (excluding diaryl/α,β-unsaturated/α-hetero) is 1. The number of aryl methyl sites for hydroxylation is 1. The molecule has 6 nitrogen and oxygen atoms in total. The summed E-state index contributed by atoms with van der Waals surface area (Å²) in [6, 6.07) is 21.4. The Balaban J connectivity index is 1.69. The van der Waals surface area contributed by atoms with E-state index in [1.54, 1.807) is 42.5 Å². The molecule has 4 aromatic rings. The van der Waals surface area contributed by atoms with Crippen LogP contribution in [0.25, 0.3) is 11.0 Å². The van der Waals surface area contributed by atoms with E-state index in [2.05, 4.69) is 0 Å². The Morgan fingerprint density at radius 1 is 0.938 bits per heavy atom. The van der Waals surface area contributed by atoms with Crippen LogP contribution in [-0.2, 0) is 4.79 Å². The van der Waals surface area contributed by atoms with Crippen molar-refractivity contribution in [1.29, 1.82) is 0 Å². The number of carbonyl (C=O) groups is 2. The number of phenols is 1. The smallest absolute Gasteiger partial charge is 0.294 e. The average Bonchev–Trinajstić information content (AvgIpc) is 3.33. The number of carbonyl (C=O) groups excluding carboxylic acids is 2. The Bertz CT molecular complexity index is 1380. The van der Waals surface area contributed by atoms with Gasteiger partial charge in [0.1, 0.15) is 11.3 Å². The quantitative estimate of drug-likeness (QED) is 0.437. The Hall–Kier alpha value is -4.32. The van der Waals surface area contributed by atoms with Crippen LogP contribution in [0.4, 0.5) is 5.69 Å². The highest BCUT2D eigenvalue weighted by atomic mass is 16.3. The summed E-state index contributed by atoms with van der Waals surface area (Å²) in [4.78, 5) is 28.2. The standard InChI is InChI=1S/C26H19NO5/c1-15-7-2-4-11-19(15)27-23(17-9-6-10-18(28)13-17)22(25(30)26(27)31)24(29)21-14-16-8-3-5-12-20(16)32-21/h2-14,23,28,30H,1H3. The number of amides is 1. The molecule has 3 aromatic carbocycles. The molecule has 1 atom stereocenters. The first kappa shape index (κ1) is 19.6. The number of aliphatic hydroxyl groups excluding tert-OH is 1. The maximum atomic E-state index is 13.6. The number of aliphatic hydroxyl groups is 1. The number of aromatic hydroxyl groups is 1. The lowest BCUT2D eigenvalue weighted by Gasteiger charge is -2.28. The predicted octanol–water partition coefficient (Wildman–Crippen LogP) is 5.23. The van der Waals surface area contributed by atoms with Crippen LogP contribution < -0.4 is 4.90 Å². The van der Waals surface area contributed by atoms with E-state index in [1.807, 2.05) is 31.2 Å². The van der Waals surface area contributed by atoms with Crippen molar-refractivity contribution >= 4 is 28.3 Å². The number of para-hydroxylation sites is 2. The molecule has 158 valence electrons. The third-order valence-corrected chi connectivity index (χ3v) is 5.66. The number of phenolic OH excluding ortho intramolecular Hbond substituents is 1. The van der Waals surface area contributed by atoms with Crippen molar-refractivity contribution in [2.24, 2.45) is 0 Å². The third-order valence-electron chi connectivity index (χ3n) is 5.66. The van der Waals surface area contributed by atoms with Crippen LogP contribution in [0.1, 0.15) is 27.7 Å². The topological polar surface area (TPSA) is 91.0 Å². The first-order valence-electron chi connectivity index (χ1n) is 10.1. The fourth-order valence-corrected chi connectivity index (χ4v) is 4.16. The second kappa shape index (κ2) is 7.42. The number of anilines is 1. The zero-order valence-corrected chi connectivity index (χ0v) is 17.1. The highest BCUT2D eigenvalue weighted by Gasteiger charge is 2.45. The number of furan rings is 1. The SMILES string of the molecule is Cc1ccccc1N1C(=O)C(O)=C(C(=O)c2cc3ccccc3o2)C1c1cccc(O)c1. The van der Waals surface area contributed by atoms with Crippen LogP contribution in [0, 0.1) is 6.92 Å². The summed E-state index contributed by atoms with van der Waals surface area (Å²) in [7, 11) is 0. The van der Waals surface area contributed by atoms with Crippen LogP contribution in [0.5, 0.6) is 5.75 Å². The molecule has 0 saturated heterocycles. The first-order valence-corrected chi connectivity index (χ1v) is 10.1. The van der Waals surface area contributed by atoms with E-state index in [4.69, 9.17) is 4.42 Å². The number of nitrogens with zero attached hydrogens (tertiary/aromatic N) is 1. The maximum Gasteiger partial charge on any atom is 0.294 e. The molecule has 0 aliphatic carbocycles. The lowest BCUT2D eigenvalue weighted by molar-refractivity contribution is -0.117. The van der Waals surface area contributed by atoms with Crippen LogP contribution in [0.15, 0.2) is 94.6 Å². The Labute approximate surface area is 183 Å². The van der Waals surface area contributed by atoms with Gasteiger partial charge in [-0.05, 0) is 48.4 Å². The molecule has 1 aliphatic heterocycles. The first-order chi connectivity index (χ1) is 15.5. The number of ketones is 1. The van der Waals surface area contributed by atoms with Gasteiger partial charge in [0.2, 0.25) is 5.78 Å². The van der Waals surface area contributed by atoms with E-state index in [9.17, 15) is 19.8 Å². The summed E-state index contributed by atoms with van der Waals surface area (Å²) < 4.78 is 5.72. The fraction of sp³-hybridized carbons (Fsp3) is 0.0769. The molecule has 1 unspecified atom stereocenters. The van der Waals surface area contributed by atoms with Gasteiger partial charge >= 0.3 is 0 Å². The summed E-state index contributed by atoms with van der Waals surface area (Å²) in [6.07, 6.45) is 0. The molecule has 2 N–H and O–H groups in total. The summed E-state index contributed by atoms with van der Waals surface area (Å²) in [6.45, 7) is 1.85. The lowest BCUT2D eigenvalue weighted by atomic mass is 9.94. The number of hydrogen-bond acceptors (Lipinski definition) is 5. The lowest BCUT2D eigenvalue weighted by Crippen LogP contribution is -2.31. The monoisotopic (exact) mass is 425 g/mol. The highest BCUT2D eigenvalue weighted by Crippen LogP contribution is 2.43. The third kappa shape index (κ3) is 3.04. The molecule has 32 heavy (non-hydrogen) atoms. The van der Waals surface area contributed by atoms with E-state index in [1.165, 1.54) is 17.0 Å². The van der Waals surface area contributed by atoms with Crippen LogP contribution in [0.2, 0.25) is 0 Å². The predicted molar refractivity (Wildman–Crippen MR) is 120 cm³/mol. The number of fused-ring (bicyclic) bond motifs is 1. The summed E-state index contributed by atoms with van der Waals surface area (Å²) in [5, 5.41) is 21.7. The van der Waals surface area contributed by atoms with Gasteiger partial charge in [0, 0.05) is 11.1 Å². The van der Waals surface area contributed by atoms with Crippen molar-refractivity contribution in [3.05, 3.63) is 107 Å². The van der Waals surface area contributed by atoms with E-state index in [-0.39, 0.29) is 17.1 Å². The molecule has 1 amide bonds.